The van der Waals surface area contributed by atoms with Crippen LogP contribution in [0.4, 0.5) is 0 Å². The molecule has 1 aliphatic rings. The molecule has 1 unspecified atom stereocenters. The Kier molecular flexibility index (Phi) is 2.14. The van der Waals surface area contributed by atoms with Crippen LogP contribution in [-0.4, -0.2) is 19.1 Å². The first kappa shape index (κ1) is 9.73. The average molecular weight is 216 g/mol. The number of aromatic nitrogens is 1. The van der Waals surface area contributed by atoms with Crippen molar-refractivity contribution < 1.29 is 4.74 Å². The van der Waals surface area contributed by atoms with Crippen LogP contribution in [0.5, 0.6) is 5.75 Å². The molecule has 1 aliphatic carbocycles. The van der Waals surface area contributed by atoms with Gasteiger partial charge in [-0.3, -0.25) is 0 Å². The van der Waals surface area contributed by atoms with E-state index in [-0.39, 0.29) is 0 Å². The van der Waals surface area contributed by atoms with Crippen LogP contribution in [0, 0.1) is 0 Å². The van der Waals surface area contributed by atoms with Crippen molar-refractivity contribution >= 4 is 10.9 Å². The molecule has 2 aromatic rings. The van der Waals surface area contributed by atoms with Gasteiger partial charge in [-0.15, -0.1) is 0 Å². The summed E-state index contributed by atoms with van der Waals surface area (Å²) in [7, 11) is 3.75. The number of hydrogen-bond acceptors (Lipinski definition) is 2. The largest absolute Gasteiger partial charge is 0.495 e. The second-order valence-electron chi connectivity index (χ2n) is 4.28. The highest BCUT2D eigenvalue weighted by Gasteiger charge is 2.26. The van der Waals surface area contributed by atoms with Crippen molar-refractivity contribution in [2.24, 2.45) is 0 Å². The second-order valence-corrected chi connectivity index (χ2v) is 4.28. The molecule has 0 aliphatic heterocycles. The molecule has 0 saturated carbocycles. The normalized spacial score (nSPS) is 19.0. The highest BCUT2D eigenvalue weighted by Crippen LogP contribution is 2.39. The van der Waals surface area contributed by atoms with E-state index in [1.54, 1.807) is 7.11 Å². The first-order chi connectivity index (χ1) is 7.85. The van der Waals surface area contributed by atoms with Crippen LogP contribution < -0.4 is 10.1 Å². The molecule has 0 spiro atoms. The van der Waals surface area contributed by atoms with Gasteiger partial charge in [0.25, 0.3) is 0 Å². The SMILES string of the molecule is CNC1CCc2[nH]c3c(OC)cccc3c21. The fourth-order valence-corrected chi connectivity index (χ4v) is 2.75. The lowest BCUT2D eigenvalue weighted by atomic mass is 10.1. The van der Waals surface area contributed by atoms with Crippen molar-refractivity contribution in [3.05, 3.63) is 29.5 Å². The summed E-state index contributed by atoms with van der Waals surface area (Å²) in [5, 5.41) is 4.67. The van der Waals surface area contributed by atoms with Gasteiger partial charge in [-0.25, -0.2) is 0 Å². The van der Waals surface area contributed by atoms with Gasteiger partial charge in [-0.05, 0) is 31.5 Å². The molecule has 1 aromatic heterocycles. The summed E-state index contributed by atoms with van der Waals surface area (Å²) >= 11 is 0. The molecule has 3 heteroatoms. The number of benzene rings is 1. The quantitative estimate of drug-likeness (QED) is 0.808. The number of aryl methyl sites for hydroxylation is 1. The van der Waals surface area contributed by atoms with E-state index < -0.39 is 0 Å². The van der Waals surface area contributed by atoms with E-state index in [0.717, 1.165) is 17.7 Å². The molecule has 0 amide bonds. The summed E-state index contributed by atoms with van der Waals surface area (Å²) in [6.07, 6.45) is 2.31. The lowest BCUT2D eigenvalue weighted by Gasteiger charge is -2.09. The van der Waals surface area contributed by atoms with Crippen molar-refractivity contribution in [3.63, 3.8) is 0 Å². The van der Waals surface area contributed by atoms with Crippen molar-refractivity contribution in [3.8, 4) is 5.75 Å². The van der Waals surface area contributed by atoms with E-state index in [4.69, 9.17) is 4.74 Å². The van der Waals surface area contributed by atoms with Gasteiger partial charge in [-0.1, -0.05) is 12.1 Å². The lowest BCUT2D eigenvalue weighted by Crippen LogP contribution is -2.12. The number of hydrogen-bond donors (Lipinski definition) is 2. The first-order valence-corrected chi connectivity index (χ1v) is 5.70. The number of fused-ring (bicyclic) bond motifs is 3. The Morgan fingerprint density at radius 3 is 3.06 bits per heavy atom. The van der Waals surface area contributed by atoms with Crippen LogP contribution in [0.2, 0.25) is 0 Å². The number of nitrogens with one attached hydrogen (secondary N) is 2. The highest BCUT2D eigenvalue weighted by atomic mass is 16.5. The van der Waals surface area contributed by atoms with Crippen molar-refractivity contribution in [2.75, 3.05) is 14.2 Å². The van der Waals surface area contributed by atoms with Gasteiger partial charge in [0.2, 0.25) is 0 Å². The van der Waals surface area contributed by atoms with Gasteiger partial charge in [0.1, 0.15) is 5.75 Å². The predicted molar refractivity (Wildman–Crippen MR) is 65.0 cm³/mol. The molecule has 1 heterocycles. The number of rotatable bonds is 2. The minimum atomic E-state index is 0.482. The molecule has 0 saturated heterocycles. The standard InChI is InChI=1S/C13H16N2O/c1-14-9-6-7-10-12(9)8-4-3-5-11(16-2)13(8)15-10/h3-5,9,14-15H,6-7H2,1-2H3. The van der Waals surface area contributed by atoms with Crippen molar-refractivity contribution in [2.45, 2.75) is 18.9 Å². The Morgan fingerprint density at radius 2 is 2.31 bits per heavy atom. The minimum Gasteiger partial charge on any atom is -0.495 e. The van der Waals surface area contributed by atoms with E-state index >= 15 is 0 Å². The molecule has 0 bridgehead atoms. The summed E-state index contributed by atoms with van der Waals surface area (Å²) in [5.41, 5.74) is 3.92. The number of aromatic amines is 1. The maximum Gasteiger partial charge on any atom is 0.142 e. The van der Waals surface area contributed by atoms with Crippen molar-refractivity contribution in [1.29, 1.82) is 0 Å². The van der Waals surface area contributed by atoms with E-state index in [1.165, 1.54) is 23.1 Å². The van der Waals surface area contributed by atoms with E-state index in [2.05, 4.69) is 22.4 Å². The molecule has 3 rings (SSSR count). The molecule has 0 fully saturated rings. The molecule has 16 heavy (non-hydrogen) atoms. The van der Waals surface area contributed by atoms with Gasteiger partial charge in [0, 0.05) is 17.1 Å². The molecule has 1 atom stereocenters. The molecule has 2 N–H and O–H groups in total. The van der Waals surface area contributed by atoms with Gasteiger partial charge in [-0.2, -0.15) is 0 Å². The predicted octanol–water partition coefficient (Wildman–Crippen LogP) is 2.38. The molecule has 0 radical (unpaired) electrons. The van der Waals surface area contributed by atoms with Crippen LogP contribution >= 0.6 is 0 Å². The maximum absolute atomic E-state index is 5.38. The maximum atomic E-state index is 5.38. The zero-order valence-corrected chi connectivity index (χ0v) is 9.63. The number of ether oxygens (including phenoxy) is 1. The van der Waals surface area contributed by atoms with E-state index in [9.17, 15) is 0 Å². The Labute approximate surface area is 94.8 Å². The summed E-state index contributed by atoms with van der Waals surface area (Å²) in [6, 6.07) is 6.71. The van der Waals surface area contributed by atoms with Gasteiger partial charge < -0.3 is 15.0 Å². The zero-order chi connectivity index (χ0) is 11.1. The van der Waals surface area contributed by atoms with Gasteiger partial charge in [0.05, 0.1) is 12.6 Å². The Balaban J connectivity index is 2.27. The van der Waals surface area contributed by atoms with Gasteiger partial charge in [0.15, 0.2) is 0 Å². The highest BCUT2D eigenvalue weighted by molar-refractivity contribution is 5.90. The van der Waals surface area contributed by atoms with Crippen LogP contribution in [0.25, 0.3) is 10.9 Å². The van der Waals surface area contributed by atoms with Crippen molar-refractivity contribution in [1.82, 2.24) is 10.3 Å². The van der Waals surface area contributed by atoms with Crippen LogP contribution in [0.3, 0.4) is 0 Å². The third kappa shape index (κ3) is 1.18. The van der Waals surface area contributed by atoms with E-state index in [1.807, 2.05) is 13.1 Å². The summed E-state index contributed by atoms with van der Waals surface area (Å²) in [6.45, 7) is 0. The number of methoxy groups -OCH3 is 1. The molecular weight excluding hydrogens is 200 g/mol. The molecule has 1 aromatic carbocycles. The van der Waals surface area contributed by atoms with Crippen LogP contribution in [0.1, 0.15) is 23.7 Å². The molecule has 84 valence electrons. The Morgan fingerprint density at radius 1 is 1.44 bits per heavy atom. The third-order valence-corrected chi connectivity index (χ3v) is 3.52. The molecule has 3 nitrogen and oxygen atoms in total. The Bertz CT molecular complexity index is 530. The first-order valence-electron chi connectivity index (χ1n) is 5.70. The minimum absolute atomic E-state index is 0.482. The smallest absolute Gasteiger partial charge is 0.142 e. The monoisotopic (exact) mass is 216 g/mol. The van der Waals surface area contributed by atoms with Crippen LogP contribution in [-0.2, 0) is 6.42 Å². The topological polar surface area (TPSA) is 37.0 Å². The summed E-state index contributed by atoms with van der Waals surface area (Å²) in [4.78, 5) is 3.49. The fraction of sp³-hybridized carbons (Fsp3) is 0.385. The average Bonchev–Trinajstić information content (AvgIpc) is 2.86. The fourth-order valence-electron chi connectivity index (χ4n) is 2.75. The zero-order valence-electron chi connectivity index (χ0n) is 9.63. The lowest BCUT2D eigenvalue weighted by molar-refractivity contribution is 0.419. The number of para-hydroxylation sites is 1. The Hall–Kier alpha value is -1.48. The van der Waals surface area contributed by atoms with E-state index in [0.29, 0.717) is 6.04 Å². The van der Waals surface area contributed by atoms with Crippen LogP contribution in [0.15, 0.2) is 18.2 Å². The second kappa shape index (κ2) is 3.52. The third-order valence-electron chi connectivity index (χ3n) is 3.52. The molecular formula is C13H16N2O. The number of H-pyrrole nitrogens is 1. The summed E-state index contributed by atoms with van der Waals surface area (Å²) in [5.74, 6) is 0.932. The van der Waals surface area contributed by atoms with Gasteiger partial charge >= 0.3 is 0 Å². The summed E-state index contributed by atoms with van der Waals surface area (Å²) < 4.78 is 5.38.